The third kappa shape index (κ3) is 4.18. The van der Waals surface area contributed by atoms with Gasteiger partial charge in [-0.25, -0.2) is 0 Å². The average molecular weight is 316 g/mol. The molecule has 0 aliphatic heterocycles. The molecule has 2 N–H and O–H groups in total. The van der Waals surface area contributed by atoms with Gasteiger partial charge in [0.25, 0.3) is 11.8 Å². The van der Waals surface area contributed by atoms with E-state index in [1.807, 2.05) is 32.2 Å². The van der Waals surface area contributed by atoms with Crippen molar-refractivity contribution in [3.63, 3.8) is 0 Å². The smallest absolute Gasteiger partial charge is 0.265 e. The summed E-state index contributed by atoms with van der Waals surface area (Å²) in [5.41, 5.74) is 0.888. The molecule has 0 fully saturated rings. The van der Waals surface area contributed by atoms with Crippen molar-refractivity contribution < 1.29 is 9.59 Å². The van der Waals surface area contributed by atoms with E-state index in [0.717, 1.165) is 6.42 Å². The Morgan fingerprint density at radius 3 is 2.55 bits per heavy atom. The van der Waals surface area contributed by atoms with E-state index in [0.29, 0.717) is 16.1 Å². The predicted octanol–water partition coefficient (Wildman–Crippen LogP) is 3.92. The molecule has 0 atom stereocenters. The topological polar surface area (TPSA) is 58.2 Å². The second-order valence-corrected chi connectivity index (χ2v) is 6.65. The lowest BCUT2D eigenvalue weighted by atomic mass is 10.0. The van der Waals surface area contributed by atoms with Crippen LogP contribution in [0.25, 0.3) is 0 Å². The highest BCUT2D eigenvalue weighted by atomic mass is 32.1. The van der Waals surface area contributed by atoms with Crippen molar-refractivity contribution >= 4 is 28.8 Å². The Labute approximate surface area is 134 Å². The van der Waals surface area contributed by atoms with Gasteiger partial charge in [0.2, 0.25) is 0 Å². The largest absolute Gasteiger partial charge is 0.347 e. The molecule has 0 aliphatic carbocycles. The average Bonchev–Trinajstić information content (AvgIpc) is 3.01. The Hall–Kier alpha value is -2.14. The molecule has 0 unspecified atom stereocenters. The number of thiophene rings is 1. The molecular weight excluding hydrogens is 296 g/mol. The van der Waals surface area contributed by atoms with E-state index in [9.17, 15) is 9.59 Å². The first-order valence-electron chi connectivity index (χ1n) is 7.19. The third-order valence-corrected chi connectivity index (χ3v) is 4.33. The molecule has 4 nitrogen and oxygen atoms in total. The molecule has 0 bridgehead atoms. The summed E-state index contributed by atoms with van der Waals surface area (Å²) in [6.45, 7) is 5.98. The summed E-state index contributed by atoms with van der Waals surface area (Å²) in [6, 6.07) is 10.6. The van der Waals surface area contributed by atoms with Crippen LogP contribution in [0.1, 0.15) is 47.2 Å². The zero-order valence-corrected chi connectivity index (χ0v) is 13.8. The number of carbonyl (C=O) groups is 2. The Kier molecular flexibility index (Phi) is 4.98. The van der Waals surface area contributed by atoms with Gasteiger partial charge in [0.05, 0.1) is 4.88 Å². The van der Waals surface area contributed by atoms with Crippen molar-refractivity contribution in [3.8, 4) is 0 Å². The maximum absolute atomic E-state index is 12.3. The normalized spacial score (nSPS) is 11.0. The summed E-state index contributed by atoms with van der Waals surface area (Å²) in [5.74, 6) is -0.305. The molecule has 2 aromatic rings. The predicted molar refractivity (Wildman–Crippen MR) is 90.6 cm³/mol. The molecule has 5 heteroatoms. The molecule has 1 heterocycles. The maximum atomic E-state index is 12.3. The van der Waals surface area contributed by atoms with Crippen LogP contribution in [-0.2, 0) is 0 Å². The van der Waals surface area contributed by atoms with Crippen LogP contribution in [0.2, 0.25) is 0 Å². The highest BCUT2D eigenvalue weighted by Gasteiger charge is 2.19. The Morgan fingerprint density at radius 1 is 1.14 bits per heavy atom. The highest BCUT2D eigenvalue weighted by molar-refractivity contribution is 7.12. The molecular formula is C17H20N2O2S. The summed E-state index contributed by atoms with van der Waals surface area (Å²) >= 11 is 1.38. The third-order valence-electron chi connectivity index (χ3n) is 3.46. The molecule has 0 spiro atoms. The molecule has 0 saturated heterocycles. The van der Waals surface area contributed by atoms with Crippen LogP contribution in [0.15, 0.2) is 41.8 Å². The fraction of sp³-hybridized carbons (Fsp3) is 0.294. The van der Waals surface area contributed by atoms with Crippen molar-refractivity contribution in [1.82, 2.24) is 5.32 Å². The second-order valence-electron chi connectivity index (χ2n) is 5.70. The minimum absolute atomic E-state index is 0.140. The molecule has 116 valence electrons. The monoisotopic (exact) mass is 316 g/mol. The fourth-order valence-corrected chi connectivity index (χ4v) is 2.43. The number of hydrogen-bond donors (Lipinski definition) is 2. The minimum Gasteiger partial charge on any atom is -0.347 e. The summed E-state index contributed by atoms with van der Waals surface area (Å²) in [6.07, 6.45) is 0.841. The van der Waals surface area contributed by atoms with Gasteiger partial charge in [-0.1, -0.05) is 19.1 Å². The van der Waals surface area contributed by atoms with Gasteiger partial charge in [-0.3, -0.25) is 9.59 Å². The van der Waals surface area contributed by atoms with Crippen LogP contribution in [0, 0.1) is 0 Å². The van der Waals surface area contributed by atoms with Crippen LogP contribution in [0.3, 0.4) is 0 Å². The number of rotatable bonds is 5. The first-order valence-corrected chi connectivity index (χ1v) is 8.07. The van der Waals surface area contributed by atoms with Crippen molar-refractivity contribution in [1.29, 1.82) is 0 Å². The number of carbonyl (C=O) groups excluding carboxylic acids is 2. The lowest BCUT2D eigenvalue weighted by molar-refractivity contribution is 0.0910. The van der Waals surface area contributed by atoms with Gasteiger partial charge in [-0.15, -0.1) is 11.3 Å². The molecule has 1 aromatic heterocycles. The molecule has 2 amide bonds. The van der Waals surface area contributed by atoms with E-state index in [1.165, 1.54) is 11.3 Å². The lowest BCUT2D eigenvalue weighted by Crippen LogP contribution is -2.42. The summed E-state index contributed by atoms with van der Waals surface area (Å²) < 4.78 is 0. The van der Waals surface area contributed by atoms with Crippen molar-refractivity contribution in [2.45, 2.75) is 32.7 Å². The van der Waals surface area contributed by atoms with Crippen LogP contribution < -0.4 is 10.6 Å². The number of amides is 2. The summed E-state index contributed by atoms with van der Waals surface area (Å²) in [5, 5.41) is 7.64. The van der Waals surface area contributed by atoms with Crippen molar-refractivity contribution in [2.24, 2.45) is 0 Å². The molecule has 0 aliphatic rings. The van der Waals surface area contributed by atoms with Crippen LogP contribution in [0.5, 0.6) is 0 Å². The van der Waals surface area contributed by atoms with E-state index in [2.05, 4.69) is 10.6 Å². The standard InChI is InChI=1S/C17H20N2O2S/c1-4-17(2,3)19-15(20)12-7-5-8-13(11-12)18-16(21)14-9-6-10-22-14/h5-11H,4H2,1-3H3,(H,18,21)(H,19,20). The zero-order valence-electron chi connectivity index (χ0n) is 13.0. The van der Waals surface area contributed by atoms with Gasteiger partial charge in [-0.05, 0) is 49.9 Å². The first-order chi connectivity index (χ1) is 10.4. The Morgan fingerprint density at radius 2 is 1.91 bits per heavy atom. The van der Waals surface area contributed by atoms with E-state index < -0.39 is 0 Å². The van der Waals surface area contributed by atoms with E-state index in [1.54, 1.807) is 30.3 Å². The Bertz CT molecular complexity index is 663. The molecule has 2 rings (SSSR count). The van der Waals surface area contributed by atoms with Crippen molar-refractivity contribution in [3.05, 3.63) is 52.2 Å². The van der Waals surface area contributed by atoms with Gasteiger partial charge in [0.15, 0.2) is 0 Å². The first kappa shape index (κ1) is 16.2. The van der Waals surface area contributed by atoms with Crippen LogP contribution in [0.4, 0.5) is 5.69 Å². The van der Waals surface area contributed by atoms with Gasteiger partial charge in [-0.2, -0.15) is 0 Å². The maximum Gasteiger partial charge on any atom is 0.265 e. The van der Waals surface area contributed by atoms with E-state index >= 15 is 0 Å². The number of benzene rings is 1. The quantitative estimate of drug-likeness (QED) is 0.878. The summed E-state index contributed by atoms with van der Waals surface area (Å²) in [4.78, 5) is 24.9. The summed E-state index contributed by atoms with van der Waals surface area (Å²) in [7, 11) is 0. The highest BCUT2D eigenvalue weighted by Crippen LogP contribution is 2.16. The van der Waals surface area contributed by atoms with E-state index in [-0.39, 0.29) is 17.4 Å². The molecule has 22 heavy (non-hydrogen) atoms. The van der Waals surface area contributed by atoms with Crippen LogP contribution >= 0.6 is 11.3 Å². The van der Waals surface area contributed by atoms with Gasteiger partial charge < -0.3 is 10.6 Å². The van der Waals surface area contributed by atoms with Crippen LogP contribution in [-0.4, -0.2) is 17.4 Å². The number of hydrogen-bond acceptors (Lipinski definition) is 3. The second kappa shape index (κ2) is 6.75. The number of anilines is 1. The SMILES string of the molecule is CCC(C)(C)NC(=O)c1cccc(NC(=O)c2cccs2)c1. The van der Waals surface area contributed by atoms with Gasteiger partial charge in [0.1, 0.15) is 0 Å². The Balaban J connectivity index is 2.10. The van der Waals surface area contributed by atoms with E-state index in [4.69, 9.17) is 0 Å². The van der Waals surface area contributed by atoms with Gasteiger partial charge in [0, 0.05) is 16.8 Å². The fourth-order valence-electron chi connectivity index (χ4n) is 1.81. The van der Waals surface area contributed by atoms with Crippen molar-refractivity contribution in [2.75, 3.05) is 5.32 Å². The molecule has 0 radical (unpaired) electrons. The molecule has 0 saturated carbocycles. The molecule has 1 aromatic carbocycles. The minimum atomic E-state index is -0.257. The zero-order chi connectivity index (χ0) is 16.2. The van der Waals surface area contributed by atoms with Gasteiger partial charge >= 0.3 is 0 Å². The lowest BCUT2D eigenvalue weighted by Gasteiger charge is -2.24. The number of nitrogens with one attached hydrogen (secondary N) is 2.